The Morgan fingerprint density at radius 2 is 2.00 bits per heavy atom. The molecule has 22 heavy (non-hydrogen) atoms. The van der Waals surface area contributed by atoms with E-state index >= 15 is 0 Å². The summed E-state index contributed by atoms with van der Waals surface area (Å²) in [4.78, 5) is 11.9. The molecule has 0 amide bonds. The van der Waals surface area contributed by atoms with Crippen molar-refractivity contribution >= 4 is 0 Å². The Kier molecular flexibility index (Phi) is 4.00. The number of nitrogens with zero attached hydrogens (tertiary/aromatic N) is 3. The fourth-order valence-corrected chi connectivity index (χ4v) is 2.03. The lowest BCUT2D eigenvalue weighted by atomic mass is 10.2. The highest BCUT2D eigenvalue weighted by molar-refractivity contribution is 5.49. The van der Waals surface area contributed by atoms with Crippen LogP contribution in [0.25, 0.3) is 11.5 Å². The molecule has 0 aliphatic heterocycles. The van der Waals surface area contributed by atoms with E-state index in [4.69, 9.17) is 9.15 Å². The molecule has 0 fully saturated rings. The molecule has 3 aromatic rings. The second kappa shape index (κ2) is 6.26. The summed E-state index contributed by atoms with van der Waals surface area (Å²) in [7, 11) is 0. The average molecular weight is 297 g/mol. The minimum absolute atomic E-state index is 0.101. The number of benzene rings is 1. The normalized spacial score (nSPS) is 10.6. The number of pyridine rings is 1. The summed E-state index contributed by atoms with van der Waals surface area (Å²) < 4.78 is 12.3. The first-order valence-corrected chi connectivity index (χ1v) is 6.89. The van der Waals surface area contributed by atoms with Gasteiger partial charge in [0.2, 0.25) is 12.3 Å². The lowest BCUT2D eigenvalue weighted by molar-refractivity contribution is 0.296. The topological polar surface area (TPSA) is 70.2 Å². The zero-order chi connectivity index (χ0) is 15.4. The maximum atomic E-state index is 11.9. The second-order valence-corrected chi connectivity index (χ2v) is 4.85. The van der Waals surface area contributed by atoms with E-state index in [0.29, 0.717) is 24.6 Å². The van der Waals surface area contributed by atoms with E-state index in [1.807, 2.05) is 31.2 Å². The molecule has 1 aromatic carbocycles. The Morgan fingerprint density at radius 3 is 2.73 bits per heavy atom. The van der Waals surface area contributed by atoms with Gasteiger partial charge in [-0.2, -0.15) is 0 Å². The summed E-state index contributed by atoms with van der Waals surface area (Å²) in [6, 6.07) is 10.9. The number of aryl methyl sites for hydroxylation is 1. The van der Waals surface area contributed by atoms with Gasteiger partial charge in [-0.05, 0) is 25.1 Å². The van der Waals surface area contributed by atoms with Crippen LogP contribution in [0, 0.1) is 6.92 Å². The third-order valence-electron chi connectivity index (χ3n) is 3.21. The van der Waals surface area contributed by atoms with Gasteiger partial charge in [-0.25, -0.2) is 0 Å². The Bertz CT molecular complexity index is 792. The summed E-state index contributed by atoms with van der Waals surface area (Å²) in [5, 5.41) is 7.46. The van der Waals surface area contributed by atoms with Crippen molar-refractivity contribution in [1.82, 2.24) is 14.8 Å². The molecule has 112 valence electrons. The molecule has 0 spiro atoms. The standard InChI is InChI=1S/C16H15N3O3/c1-12-2-5-14(6-3-12)21-9-8-19-10-13(4-7-15(19)20)16-18-17-11-22-16/h2-7,10-11H,8-9H2,1H3. The van der Waals surface area contributed by atoms with Crippen LogP contribution in [-0.4, -0.2) is 21.4 Å². The maximum absolute atomic E-state index is 11.9. The van der Waals surface area contributed by atoms with Crippen LogP contribution >= 0.6 is 0 Å². The van der Waals surface area contributed by atoms with Gasteiger partial charge in [-0.1, -0.05) is 17.7 Å². The van der Waals surface area contributed by atoms with Crippen molar-refractivity contribution in [3.05, 3.63) is 64.9 Å². The summed E-state index contributed by atoms with van der Waals surface area (Å²) >= 11 is 0. The lowest BCUT2D eigenvalue weighted by Crippen LogP contribution is -2.21. The molecule has 2 aromatic heterocycles. The molecule has 0 unspecified atom stereocenters. The Balaban J connectivity index is 1.68. The van der Waals surface area contributed by atoms with Crippen molar-refractivity contribution in [3.63, 3.8) is 0 Å². The van der Waals surface area contributed by atoms with E-state index in [2.05, 4.69) is 10.2 Å². The average Bonchev–Trinajstić information content (AvgIpc) is 3.05. The molecule has 0 radical (unpaired) electrons. The van der Waals surface area contributed by atoms with Crippen LogP contribution in [0.15, 0.2) is 58.2 Å². The molecule has 2 heterocycles. The molecular formula is C16H15N3O3. The van der Waals surface area contributed by atoms with Gasteiger partial charge in [0.15, 0.2) is 0 Å². The number of ether oxygens (including phenoxy) is 1. The van der Waals surface area contributed by atoms with Gasteiger partial charge in [-0.15, -0.1) is 10.2 Å². The molecule has 0 saturated heterocycles. The van der Waals surface area contributed by atoms with E-state index in [1.54, 1.807) is 16.8 Å². The number of hydrogen-bond donors (Lipinski definition) is 0. The minimum atomic E-state index is -0.101. The van der Waals surface area contributed by atoms with E-state index in [0.717, 1.165) is 5.75 Å². The summed E-state index contributed by atoms with van der Waals surface area (Å²) in [6.07, 6.45) is 2.94. The largest absolute Gasteiger partial charge is 0.492 e. The van der Waals surface area contributed by atoms with Crippen molar-refractivity contribution in [2.75, 3.05) is 6.61 Å². The Hall–Kier alpha value is -2.89. The zero-order valence-electron chi connectivity index (χ0n) is 12.1. The van der Waals surface area contributed by atoms with Crippen molar-refractivity contribution in [2.24, 2.45) is 0 Å². The number of rotatable bonds is 5. The predicted octanol–water partition coefficient (Wildman–Crippen LogP) is 2.29. The van der Waals surface area contributed by atoms with Gasteiger partial charge in [0.1, 0.15) is 12.4 Å². The second-order valence-electron chi connectivity index (χ2n) is 4.85. The summed E-state index contributed by atoms with van der Waals surface area (Å²) in [6.45, 7) is 2.86. The number of hydrogen-bond acceptors (Lipinski definition) is 5. The first-order chi connectivity index (χ1) is 10.7. The van der Waals surface area contributed by atoms with Gasteiger partial charge in [0.25, 0.3) is 5.56 Å². The van der Waals surface area contributed by atoms with Crippen LogP contribution in [0.2, 0.25) is 0 Å². The van der Waals surface area contributed by atoms with Crippen LogP contribution in [0.4, 0.5) is 0 Å². The highest BCUT2D eigenvalue weighted by atomic mass is 16.5. The van der Waals surface area contributed by atoms with Crippen LogP contribution in [0.1, 0.15) is 5.56 Å². The van der Waals surface area contributed by atoms with Crippen LogP contribution in [0.3, 0.4) is 0 Å². The van der Waals surface area contributed by atoms with E-state index in [1.165, 1.54) is 18.0 Å². The molecule has 0 N–H and O–H groups in total. The molecule has 0 aliphatic carbocycles. The quantitative estimate of drug-likeness (QED) is 0.722. The van der Waals surface area contributed by atoms with E-state index in [-0.39, 0.29) is 5.56 Å². The monoisotopic (exact) mass is 297 g/mol. The van der Waals surface area contributed by atoms with Crippen LogP contribution < -0.4 is 10.3 Å². The third-order valence-corrected chi connectivity index (χ3v) is 3.21. The predicted molar refractivity (Wildman–Crippen MR) is 80.7 cm³/mol. The molecule has 0 aliphatic rings. The Labute approximate surface area is 127 Å². The van der Waals surface area contributed by atoms with Gasteiger partial charge in [0, 0.05) is 12.3 Å². The Morgan fingerprint density at radius 1 is 1.18 bits per heavy atom. The molecule has 0 atom stereocenters. The molecular weight excluding hydrogens is 282 g/mol. The maximum Gasteiger partial charge on any atom is 0.250 e. The van der Waals surface area contributed by atoms with Gasteiger partial charge in [0.05, 0.1) is 12.1 Å². The summed E-state index contributed by atoms with van der Waals surface area (Å²) in [5.74, 6) is 1.17. The van der Waals surface area contributed by atoms with Gasteiger partial charge >= 0.3 is 0 Å². The van der Waals surface area contributed by atoms with Crippen molar-refractivity contribution in [2.45, 2.75) is 13.5 Å². The molecule has 3 rings (SSSR count). The lowest BCUT2D eigenvalue weighted by Gasteiger charge is -2.09. The van der Waals surface area contributed by atoms with Gasteiger partial charge in [-0.3, -0.25) is 4.79 Å². The molecule has 0 bridgehead atoms. The molecule has 0 saturated carbocycles. The van der Waals surface area contributed by atoms with E-state index < -0.39 is 0 Å². The fraction of sp³-hybridized carbons (Fsp3) is 0.188. The van der Waals surface area contributed by atoms with Crippen molar-refractivity contribution in [1.29, 1.82) is 0 Å². The van der Waals surface area contributed by atoms with Gasteiger partial charge < -0.3 is 13.7 Å². The van der Waals surface area contributed by atoms with Crippen molar-refractivity contribution < 1.29 is 9.15 Å². The SMILES string of the molecule is Cc1ccc(OCCn2cc(-c3nnco3)ccc2=O)cc1. The third kappa shape index (κ3) is 3.22. The molecule has 6 nitrogen and oxygen atoms in total. The fourth-order valence-electron chi connectivity index (χ4n) is 2.03. The smallest absolute Gasteiger partial charge is 0.250 e. The summed E-state index contributed by atoms with van der Waals surface area (Å²) in [5.41, 5.74) is 1.78. The van der Waals surface area contributed by atoms with E-state index in [9.17, 15) is 4.79 Å². The highest BCUT2D eigenvalue weighted by Gasteiger charge is 2.06. The highest BCUT2D eigenvalue weighted by Crippen LogP contribution is 2.14. The molecule has 6 heteroatoms. The number of aromatic nitrogens is 3. The van der Waals surface area contributed by atoms with Crippen molar-refractivity contribution in [3.8, 4) is 17.2 Å². The minimum Gasteiger partial charge on any atom is -0.492 e. The van der Waals surface area contributed by atoms with Crippen LogP contribution in [-0.2, 0) is 6.54 Å². The zero-order valence-corrected chi connectivity index (χ0v) is 12.1. The first kappa shape index (κ1) is 14.1. The van der Waals surface area contributed by atoms with Crippen LogP contribution in [0.5, 0.6) is 5.75 Å². The first-order valence-electron chi connectivity index (χ1n) is 6.89.